The van der Waals surface area contributed by atoms with Gasteiger partial charge in [-0.1, -0.05) is 18.4 Å². The molecule has 2 N–H and O–H groups in total. The van der Waals surface area contributed by atoms with Crippen LogP contribution in [0.3, 0.4) is 0 Å². The molecule has 20 heavy (non-hydrogen) atoms. The molecule has 2 fully saturated rings. The summed E-state index contributed by atoms with van der Waals surface area (Å²) in [5.41, 5.74) is 5.53. The molecule has 1 heterocycles. The van der Waals surface area contributed by atoms with Crippen LogP contribution in [0.4, 0.5) is 4.39 Å². The van der Waals surface area contributed by atoms with E-state index in [2.05, 4.69) is 16.8 Å². The average Bonchev–Trinajstić information content (AvgIpc) is 2.70. The lowest BCUT2D eigenvalue weighted by Gasteiger charge is -2.34. The summed E-state index contributed by atoms with van der Waals surface area (Å²) < 4.78 is 13.0. The van der Waals surface area contributed by atoms with Crippen molar-refractivity contribution in [2.45, 2.75) is 38.5 Å². The van der Waals surface area contributed by atoms with Crippen molar-refractivity contribution < 1.29 is 9.18 Å². The number of hydrogen-bond donors (Lipinski definition) is 1. The first-order chi connectivity index (χ1) is 9.54. The summed E-state index contributed by atoms with van der Waals surface area (Å²) in [6.07, 6.45) is 5.33. The van der Waals surface area contributed by atoms with Crippen LogP contribution in [0.5, 0.6) is 0 Å². The van der Waals surface area contributed by atoms with Crippen molar-refractivity contribution in [3.63, 3.8) is 0 Å². The van der Waals surface area contributed by atoms with E-state index in [0.29, 0.717) is 5.69 Å². The zero-order valence-electron chi connectivity index (χ0n) is 11.3. The fraction of sp³-hybridized carbons (Fsp3) is 0.500. The standard InChI is InChI=1S/C16H17FN2O/c17-13-4-1-3-12(19-13)5-8-15-6-2-7-16(11-15,10-9-15)14(18)20/h1,3-4H,2,6-7,9-11H2,(H2,18,20). The van der Waals surface area contributed by atoms with Gasteiger partial charge in [-0.05, 0) is 50.2 Å². The largest absolute Gasteiger partial charge is 0.369 e. The molecule has 104 valence electrons. The summed E-state index contributed by atoms with van der Waals surface area (Å²) in [7, 11) is 0. The first kappa shape index (κ1) is 13.1. The van der Waals surface area contributed by atoms with Crippen molar-refractivity contribution in [2.75, 3.05) is 0 Å². The topological polar surface area (TPSA) is 56.0 Å². The Morgan fingerprint density at radius 3 is 2.90 bits per heavy atom. The number of hydrogen-bond acceptors (Lipinski definition) is 2. The molecule has 0 spiro atoms. The highest BCUT2D eigenvalue weighted by Crippen LogP contribution is 2.58. The molecule has 0 aliphatic heterocycles. The fourth-order valence-electron chi connectivity index (χ4n) is 3.67. The van der Waals surface area contributed by atoms with Crippen molar-refractivity contribution in [3.8, 4) is 11.8 Å². The lowest BCUT2D eigenvalue weighted by atomic mass is 9.69. The van der Waals surface area contributed by atoms with Gasteiger partial charge in [0.25, 0.3) is 0 Å². The monoisotopic (exact) mass is 272 g/mol. The van der Waals surface area contributed by atoms with Gasteiger partial charge in [0.05, 0.1) is 5.41 Å². The van der Waals surface area contributed by atoms with Crippen LogP contribution in [0, 0.1) is 28.6 Å². The molecule has 3 nitrogen and oxygen atoms in total. The normalized spacial score (nSPS) is 31.4. The Hall–Kier alpha value is -1.89. The molecule has 1 aromatic rings. The van der Waals surface area contributed by atoms with Crippen LogP contribution < -0.4 is 5.73 Å². The summed E-state index contributed by atoms with van der Waals surface area (Å²) >= 11 is 0. The number of aromatic nitrogens is 1. The van der Waals surface area contributed by atoms with E-state index in [1.54, 1.807) is 12.1 Å². The number of fused-ring (bicyclic) bond motifs is 2. The van der Waals surface area contributed by atoms with E-state index >= 15 is 0 Å². The molecule has 2 unspecified atom stereocenters. The van der Waals surface area contributed by atoms with E-state index in [1.165, 1.54) is 6.07 Å². The Morgan fingerprint density at radius 2 is 2.15 bits per heavy atom. The lowest BCUT2D eigenvalue weighted by Crippen LogP contribution is -2.38. The molecule has 2 aliphatic carbocycles. The van der Waals surface area contributed by atoms with Gasteiger partial charge in [-0.2, -0.15) is 4.39 Å². The van der Waals surface area contributed by atoms with Crippen molar-refractivity contribution in [1.29, 1.82) is 0 Å². The quantitative estimate of drug-likeness (QED) is 0.630. The van der Waals surface area contributed by atoms with Gasteiger partial charge >= 0.3 is 0 Å². The second-order valence-electron chi connectivity index (χ2n) is 6.05. The van der Waals surface area contributed by atoms with Crippen molar-refractivity contribution in [3.05, 3.63) is 29.8 Å². The Kier molecular flexibility index (Phi) is 3.01. The van der Waals surface area contributed by atoms with Crippen LogP contribution in [0.2, 0.25) is 0 Å². The van der Waals surface area contributed by atoms with E-state index in [1.807, 2.05) is 0 Å². The van der Waals surface area contributed by atoms with Crippen LogP contribution in [-0.4, -0.2) is 10.9 Å². The number of carbonyl (C=O) groups excluding carboxylic acids is 1. The number of amides is 1. The first-order valence-corrected chi connectivity index (χ1v) is 6.99. The maximum absolute atomic E-state index is 13.0. The Morgan fingerprint density at radius 1 is 1.30 bits per heavy atom. The smallest absolute Gasteiger partial charge is 0.223 e. The van der Waals surface area contributed by atoms with Gasteiger partial charge in [0, 0.05) is 5.41 Å². The minimum atomic E-state index is -0.518. The number of primary amides is 1. The zero-order valence-corrected chi connectivity index (χ0v) is 11.3. The maximum atomic E-state index is 13.0. The third kappa shape index (κ3) is 2.18. The number of pyridine rings is 1. The Labute approximate surface area is 117 Å². The van der Waals surface area contributed by atoms with Gasteiger partial charge in [-0.25, -0.2) is 4.98 Å². The molecular formula is C16H17FN2O. The molecule has 1 aromatic heterocycles. The minimum absolute atomic E-state index is 0.138. The number of halogens is 1. The van der Waals surface area contributed by atoms with Crippen LogP contribution in [0.15, 0.2) is 18.2 Å². The first-order valence-electron chi connectivity index (χ1n) is 6.99. The molecule has 1 amide bonds. The van der Waals surface area contributed by atoms with E-state index < -0.39 is 5.95 Å². The van der Waals surface area contributed by atoms with Gasteiger partial charge < -0.3 is 5.73 Å². The summed E-state index contributed by atoms with van der Waals surface area (Å²) in [5.74, 6) is 5.53. The minimum Gasteiger partial charge on any atom is -0.369 e. The van der Waals surface area contributed by atoms with Gasteiger partial charge in [0.2, 0.25) is 11.9 Å². The highest BCUT2D eigenvalue weighted by molar-refractivity contribution is 5.81. The van der Waals surface area contributed by atoms with E-state index in [0.717, 1.165) is 38.5 Å². The molecule has 2 saturated carbocycles. The molecule has 4 heteroatoms. The number of nitrogens with zero attached hydrogens (tertiary/aromatic N) is 1. The maximum Gasteiger partial charge on any atom is 0.223 e. The van der Waals surface area contributed by atoms with Crippen LogP contribution in [0.1, 0.15) is 44.2 Å². The fourth-order valence-corrected chi connectivity index (χ4v) is 3.67. The van der Waals surface area contributed by atoms with E-state index in [-0.39, 0.29) is 16.7 Å². The molecule has 0 radical (unpaired) electrons. The van der Waals surface area contributed by atoms with Gasteiger partial charge in [-0.3, -0.25) is 4.79 Å². The molecule has 2 atom stereocenters. The number of carbonyl (C=O) groups is 1. The summed E-state index contributed by atoms with van der Waals surface area (Å²) in [4.78, 5) is 15.5. The zero-order chi connectivity index (χ0) is 14.2. The molecule has 0 aromatic carbocycles. The SMILES string of the molecule is NC(=O)C12CCCC(C#Cc3cccc(F)n3)(CC1)C2. The summed E-state index contributed by atoms with van der Waals surface area (Å²) in [6, 6.07) is 4.61. The number of rotatable bonds is 1. The lowest BCUT2D eigenvalue weighted by molar-refractivity contribution is -0.129. The molecule has 2 aliphatic rings. The van der Waals surface area contributed by atoms with Gasteiger partial charge in [0.1, 0.15) is 5.69 Å². The van der Waals surface area contributed by atoms with Crippen LogP contribution >= 0.6 is 0 Å². The highest BCUT2D eigenvalue weighted by Gasteiger charge is 2.53. The average molecular weight is 272 g/mol. The van der Waals surface area contributed by atoms with Crippen molar-refractivity contribution >= 4 is 5.91 Å². The second-order valence-corrected chi connectivity index (χ2v) is 6.05. The Bertz CT molecular complexity index is 618. The molecular weight excluding hydrogens is 255 g/mol. The number of nitrogens with two attached hydrogens (primary N) is 1. The predicted molar refractivity (Wildman–Crippen MR) is 72.8 cm³/mol. The second kappa shape index (κ2) is 4.59. The highest BCUT2D eigenvalue weighted by atomic mass is 19.1. The van der Waals surface area contributed by atoms with Crippen molar-refractivity contribution in [2.24, 2.45) is 16.6 Å². The van der Waals surface area contributed by atoms with Crippen LogP contribution in [0.25, 0.3) is 0 Å². The third-order valence-electron chi connectivity index (χ3n) is 4.76. The van der Waals surface area contributed by atoms with E-state index in [4.69, 9.17) is 5.73 Å². The van der Waals surface area contributed by atoms with Crippen molar-refractivity contribution in [1.82, 2.24) is 4.98 Å². The molecule has 3 rings (SSSR count). The third-order valence-corrected chi connectivity index (χ3v) is 4.76. The van der Waals surface area contributed by atoms with Gasteiger partial charge in [0.15, 0.2) is 0 Å². The summed E-state index contributed by atoms with van der Waals surface area (Å²) in [5, 5.41) is 0. The molecule has 2 bridgehead atoms. The summed E-state index contributed by atoms with van der Waals surface area (Å²) in [6.45, 7) is 0. The Balaban J connectivity index is 1.87. The van der Waals surface area contributed by atoms with E-state index in [9.17, 15) is 9.18 Å². The predicted octanol–water partition coefficient (Wildman–Crippen LogP) is 2.40. The van der Waals surface area contributed by atoms with Gasteiger partial charge in [-0.15, -0.1) is 0 Å². The van der Waals surface area contributed by atoms with Crippen LogP contribution in [-0.2, 0) is 4.79 Å². The molecule has 0 saturated heterocycles.